The van der Waals surface area contributed by atoms with E-state index in [1.165, 1.54) is 6.07 Å². The predicted octanol–water partition coefficient (Wildman–Crippen LogP) is 4.02. The molecule has 0 saturated heterocycles. The van der Waals surface area contributed by atoms with Gasteiger partial charge in [-0.15, -0.1) is 0 Å². The van der Waals surface area contributed by atoms with Gasteiger partial charge in [-0.2, -0.15) is 5.10 Å². The summed E-state index contributed by atoms with van der Waals surface area (Å²) in [5.41, 5.74) is 1.86. The van der Waals surface area contributed by atoms with Crippen LogP contribution in [0.2, 0.25) is 5.02 Å². The third-order valence-corrected chi connectivity index (χ3v) is 2.55. The van der Waals surface area contributed by atoms with Gasteiger partial charge in [-0.05, 0) is 40.9 Å². The molecular weight excluding hydrogens is 327 g/mol. The second-order valence-corrected chi connectivity index (χ2v) is 4.92. The maximum Gasteiger partial charge on any atom is 0.337 e. The number of carbonyl (C=O) groups excluding carboxylic acids is 1. The third-order valence-electron chi connectivity index (χ3n) is 2.24. The molecule has 0 aliphatic heterocycles. The number of aromatic nitrogens is 2. The molecule has 0 unspecified atom stereocenters. The summed E-state index contributed by atoms with van der Waals surface area (Å²) in [4.78, 5) is 19.7. The largest absolute Gasteiger partial charge is 0.478 e. The van der Waals surface area contributed by atoms with Crippen LogP contribution >= 0.6 is 34.8 Å². The standard InChI is InChI=1S/C11H9ClN2O2.CCl2O/c1-14-6-8(5-13-14)7-2-3-9(11(15)16)10(12)4-7;2-1(3)4/h2-6H,1H3,(H,15,16);. The van der Waals surface area contributed by atoms with Gasteiger partial charge in [0.25, 0.3) is 0 Å². The molecule has 1 N–H and O–H groups in total. The van der Waals surface area contributed by atoms with Gasteiger partial charge in [-0.3, -0.25) is 9.48 Å². The van der Waals surface area contributed by atoms with E-state index in [-0.39, 0.29) is 10.6 Å². The van der Waals surface area contributed by atoms with E-state index in [4.69, 9.17) is 21.5 Å². The van der Waals surface area contributed by atoms with Crippen LogP contribution in [0.5, 0.6) is 0 Å². The van der Waals surface area contributed by atoms with Crippen LogP contribution in [0.25, 0.3) is 11.1 Å². The first kappa shape index (κ1) is 16.5. The number of hydrogen-bond acceptors (Lipinski definition) is 3. The summed E-state index contributed by atoms with van der Waals surface area (Å²) in [6, 6.07) is 4.83. The summed E-state index contributed by atoms with van der Waals surface area (Å²) in [5, 5.41) is 13.1. The van der Waals surface area contributed by atoms with Gasteiger partial charge in [0, 0.05) is 18.8 Å². The van der Waals surface area contributed by atoms with Gasteiger partial charge in [0.15, 0.2) is 0 Å². The molecule has 0 spiro atoms. The Kier molecular flexibility index (Phi) is 6.01. The number of halogens is 3. The molecule has 2 aromatic rings. The second-order valence-electron chi connectivity index (χ2n) is 3.63. The Bertz CT molecular complexity index is 637. The van der Waals surface area contributed by atoms with Gasteiger partial charge in [-0.25, -0.2) is 4.79 Å². The van der Waals surface area contributed by atoms with Gasteiger partial charge >= 0.3 is 10.7 Å². The SMILES string of the molecule is Cn1cc(-c2ccc(C(=O)O)c(Cl)c2)cn1.O=C(Cl)Cl. The fourth-order valence-corrected chi connectivity index (χ4v) is 1.70. The van der Waals surface area contributed by atoms with Crippen molar-refractivity contribution in [1.82, 2.24) is 9.78 Å². The van der Waals surface area contributed by atoms with Crippen LogP contribution in [0.15, 0.2) is 30.6 Å². The van der Waals surface area contributed by atoms with Crippen molar-refractivity contribution in [3.8, 4) is 11.1 Å². The van der Waals surface area contributed by atoms with Crippen LogP contribution < -0.4 is 0 Å². The van der Waals surface area contributed by atoms with Crippen LogP contribution in [0.1, 0.15) is 10.4 Å². The fourth-order valence-electron chi connectivity index (χ4n) is 1.44. The summed E-state index contributed by atoms with van der Waals surface area (Å²) < 4.78 is 0.786. The average molecular weight is 336 g/mol. The Morgan fingerprint density at radius 1 is 1.25 bits per heavy atom. The number of nitrogens with zero attached hydrogens (tertiary/aromatic N) is 2. The van der Waals surface area contributed by atoms with E-state index in [9.17, 15) is 4.79 Å². The van der Waals surface area contributed by atoms with Crippen molar-refractivity contribution in [2.75, 3.05) is 0 Å². The molecule has 8 heteroatoms. The molecule has 5 nitrogen and oxygen atoms in total. The Balaban J connectivity index is 0.000000444. The van der Waals surface area contributed by atoms with Crippen molar-refractivity contribution < 1.29 is 14.7 Å². The van der Waals surface area contributed by atoms with Crippen molar-refractivity contribution in [3.63, 3.8) is 0 Å². The Morgan fingerprint density at radius 3 is 2.25 bits per heavy atom. The van der Waals surface area contributed by atoms with E-state index in [0.29, 0.717) is 0 Å². The lowest BCUT2D eigenvalue weighted by molar-refractivity contribution is 0.0697. The quantitative estimate of drug-likeness (QED) is 0.841. The van der Waals surface area contributed by atoms with Crippen LogP contribution in [0.4, 0.5) is 4.79 Å². The van der Waals surface area contributed by atoms with Crippen molar-refractivity contribution in [2.24, 2.45) is 7.05 Å². The fraction of sp³-hybridized carbons (Fsp3) is 0.0833. The maximum absolute atomic E-state index is 10.8. The van der Waals surface area contributed by atoms with E-state index in [2.05, 4.69) is 28.3 Å². The third kappa shape index (κ3) is 4.85. The van der Waals surface area contributed by atoms with Crippen molar-refractivity contribution in [1.29, 1.82) is 0 Å². The summed E-state index contributed by atoms with van der Waals surface area (Å²) in [6.45, 7) is 0. The number of carboxylic acid groups (broad SMARTS) is 1. The molecule has 2 rings (SSSR count). The van der Waals surface area contributed by atoms with E-state index in [1.807, 2.05) is 13.2 Å². The summed E-state index contributed by atoms with van der Waals surface area (Å²) >= 11 is 14.7. The second kappa shape index (κ2) is 7.28. The highest BCUT2D eigenvalue weighted by atomic mass is 35.5. The zero-order valence-electron chi connectivity index (χ0n) is 10.2. The summed E-state index contributed by atoms with van der Waals surface area (Å²) in [5.74, 6) is -1.03. The van der Waals surface area contributed by atoms with Gasteiger partial charge in [0.2, 0.25) is 0 Å². The normalized spacial score (nSPS) is 9.60. The smallest absolute Gasteiger partial charge is 0.337 e. The Labute approximate surface area is 129 Å². The van der Waals surface area contributed by atoms with E-state index >= 15 is 0 Å². The minimum atomic E-state index is -1.03. The topological polar surface area (TPSA) is 72.2 Å². The van der Waals surface area contributed by atoms with Crippen LogP contribution in [0, 0.1) is 0 Å². The minimum Gasteiger partial charge on any atom is -0.478 e. The number of rotatable bonds is 2. The highest BCUT2D eigenvalue weighted by Crippen LogP contribution is 2.25. The van der Waals surface area contributed by atoms with E-state index < -0.39 is 10.7 Å². The molecule has 0 fully saturated rings. The summed E-state index contributed by atoms with van der Waals surface area (Å²) in [6.07, 6.45) is 3.54. The van der Waals surface area contributed by atoms with Gasteiger partial charge < -0.3 is 5.11 Å². The van der Waals surface area contributed by atoms with Crippen molar-refractivity contribution in [3.05, 3.63) is 41.2 Å². The zero-order chi connectivity index (χ0) is 15.3. The summed E-state index contributed by atoms with van der Waals surface area (Å²) in [7, 11) is 1.82. The minimum absolute atomic E-state index is 0.106. The van der Waals surface area contributed by atoms with Gasteiger partial charge in [-0.1, -0.05) is 17.7 Å². The molecular formula is C12H9Cl3N2O3. The first-order valence-corrected chi connectivity index (χ1v) is 6.31. The number of carbonyl (C=O) groups is 2. The van der Waals surface area contributed by atoms with Gasteiger partial charge in [0.05, 0.1) is 16.8 Å². The van der Waals surface area contributed by atoms with Gasteiger partial charge in [0.1, 0.15) is 0 Å². The number of aromatic carboxylic acids is 1. The molecule has 1 aromatic carbocycles. The lowest BCUT2D eigenvalue weighted by atomic mass is 10.1. The lowest BCUT2D eigenvalue weighted by Gasteiger charge is -2.01. The maximum atomic E-state index is 10.8. The van der Waals surface area contributed by atoms with Crippen molar-refractivity contribution >= 4 is 45.5 Å². The molecule has 0 aliphatic rings. The van der Waals surface area contributed by atoms with Crippen LogP contribution in [-0.2, 0) is 7.05 Å². The first-order chi connectivity index (χ1) is 9.31. The Hall–Kier alpha value is -1.56. The molecule has 106 valence electrons. The molecule has 1 aromatic heterocycles. The Morgan fingerprint density at radius 2 is 1.85 bits per heavy atom. The van der Waals surface area contributed by atoms with E-state index in [1.54, 1.807) is 23.0 Å². The number of hydrogen-bond donors (Lipinski definition) is 1. The molecule has 0 saturated carbocycles. The highest BCUT2D eigenvalue weighted by Gasteiger charge is 2.10. The molecule has 0 bridgehead atoms. The van der Waals surface area contributed by atoms with E-state index in [0.717, 1.165) is 11.1 Å². The molecule has 0 atom stereocenters. The lowest BCUT2D eigenvalue weighted by Crippen LogP contribution is -1.96. The predicted molar refractivity (Wildman–Crippen MR) is 77.7 cm³/mol. The number of carboxylic acids is 1. The monoisotopic (exact) mass is 334 g/mol. The number of benzene rings is 1. The van der Waals surface area contributed by atoms with Crippen molar-refractivity contribution in [2.45, 2.75) is 0 Å². The first-order valence-electron chi connectivity index (χ1n) is 5.18. The van der Waals surface area contributed by atoms with Crippen LogP contribution in [0.3, 0.4) is 0 Å². The average Bonchev–Trinajstić information content (AvgIpc) is 2.74. The highest BCUT2D eigenvalue weighted by molar-refractivity contribution is 6.93. The zero-order valence-corrected chi connectivity index (χ0v) is 12.4. The molecule has 0 amide bonds. The van der Waals surface area contributed by atoms with Crippen LogP contribution in [-0.4, -0.2) is 25.6 Å². The molecule has 1 heterocycles. The number of aryl methyl sites for hydroxylation is 1. The molecule has 0 aliphatic carbocycles. The molecule has 20 heavy (non-hydrogen) atoms. The molecule has 0 radical (unpaired) electrons.